The first kappa shape index (κ1) is 15.6. The van der Waals surface area contributed by atoms with Crippen LogP contribution in [0, 0.1) is 6.92 Å². The van der Waals surface area contributed by atoms with E-state index in [0.717, 1.165) is 11.3 Å². The molecule has 1 aromatic heterocycles. The number of furan rings is 1. The van der Waals surface area contributed by atoms with E-state index in [2.05, 4.69) is 10.2 Å². The molecule has 4 heteroatoms. The van der Waals surface area contributed by atoms with Crippen LogP contribution < -0.4 is 0 Å². The summed E-state index contributed by atoms with van der Waals surface area (Å²) in [6, 6.07) is 22.0. The highest BCUT2D eigenvalue weighted by Crippen LogP contribution is 2.10. The summed E-state index contributed by atoms with van der Waals surface area (Å²) in [4.78, 5) is 12.8. The third kappa shape index (κ3) is 3.73. The van der Waals surface area contributed by atoms with E-state index in [1.165, 1.54) is 6.21 Å². The van der Waals surface area contributed by atoms with E-state index < -0.39 is 0 Å². The van der Waals surface area contributed by atoms with Gasteiger partial charge in [-0.15, -0.1) is 5.10 Å². The lowest BCUT2D eigenvalue weighted by Gasteiger charge is -2.04. The lowest BCUT2D eigenvalue weighted by atomic mass is 10.0. The van der Waals surface area contributed by atoms with Crippen LogP contribution in [0.4, 0.5) is 0 Å². The number of ketones is 1. The van der Waals surface area contributed by atoms with E-state index in [1.807, 2.05) is 61.5 Å². The minimum absolute atomic E-state index is 0.172. The molecule has 0 saturated heterocycles. The van der Waals surface area contributed by atoms with E-state index in [9.17, 15) is 4.79 Å². The summed E-state index contributed by atoms with van der Waals surface area (Å²) in [7, 11) is 0. The molecule has 0 N–H and O–H groups in total. The van der Waals surface area contributed by atoms with Gasteiger partial charge in [-0.25, -0.2) is 0 Å². The van der Waals surface area contributed by atoms with Crippen LogP contribution in [0.15, 0.2) is 87.4 Å². The van der Waals surface area contributed by atoms with Gasteiger partial charge in [0, 0.05) is 11.1 Å². The van der Waals surface area contributed by atoms with Gasteiger partial charge in [0.05, 0.1) is 6.21 Å². The van der Waals surface area contributed by atoms with Gasteiger partial charge in [0.2, 0.25) is 5.78 Å². The molecule has 1 heterocycles. The second-order valence-corrected chi connectivity index (χ2v) is 5.20. The molecular weight excluding hydrogens is 300 g/mol. The molecule has 0 atom stereocenters. The SMILES string of the molecule is Cc1ccc(C=NN=C(C(=O)c2ccccc2)c2ccccc2)o1. The zero-order chi connectivity index (χ0) is 16.8. The van der Waals surface area contributed by atoms with Gasteiger partial charge < -0.3 is 4.42 Å². The molecule has 0 aliphatic rings. The van der Waals surface area contributed by atoms with Gasteiger partial charge in [-0.1, -0.05) is 60.7 Å². The summed E-state index contributed by atoms with van der Waals surface area (Å²) in [6.07, 6.45) is 1.49. The number of Topliss-reactive ketones (excluding diaryl/α,β-unsaturated/α-hetero) is 1. The highest BCUT2D eigenvalue weighted by molar-refractivity contribution is 6.51. The van der Waals surface area contributed by atoms with E-state index >= 15 is 0 Å². The fourth-order valence-corrected chi connectivity index (χ4v) is 2.22. The highest BCUT2D eigenvalue weighted by atomic mass is 16.3. The number of aryl methyl sites for hydroxylation is 1. The maximum Gasteiger partial charge on any atom is 0.213 e. The van der Waals surface area contributed by atoms with E-state index in [4.69, 9.17) is 4.42 Å². The van der Waals surface area contributed by atoms with Crippen LogP contribution in [-0.4, -0.2) is 17.7 Å². The van der Waals surface area contributed by atoms with E-state index in [0.29, 0.717) is 17.0 Å². The van der Waals surface area contributed by atoms with Crippen molar-refractivity contribution < 1.29 is 9.21 Å². The highest BCUT2D eigenvalue weighted by Gasteiger charge is 2.15. The number of carbonyl (C=O) groups excluding carboxylic acids is 1. The smallest absolute Gasteiger partial charge is 0.213 e. The molecule has 0 spiro atoms. The topological polar surface area (TPSA) is 54.9 Å². The zero-order valence-electron chi connectivity index (χ0n) is 13.2. The average molecular weight is 316 g/mol. The summed E-state index contributed by atoms with van der Waals surface area (Å²) in [5.41, 5.74) is 1.59. The molecule has 0 amide bonds. The monoisotopic (exact) mass is 316 g/mol. The Morgan fingerprint density at radius 2 is 1.50 bits per heavy atom. The number of carbonyl (C=O) groups is 1. The molecule has 0 saturated carbocycles. The Morgan fingerprint density at radius 3 is 2.08 bits per heavy atom. The zero-order valence-corrected chi connectivity index (χ0v) is 13.2. The Bertz CT molecular complexity index is 878. The molecule has 118 valence electrons. The van der Waals surface area contributed by atoms with Crippen molar-refractivity contribution in [3.8, 4) is 0 Å². The molecule has 0 bridgehead atoms. The van der Waals surface area contributed by atoms with Crippen LogP contribution in [0.2, 0.25) is 0 Å². The van der Waals surface area contributed by atoms with Gasteiger partial charge >= 0.3 is 0 Å². The van der Waals surface area contributed by atoms with Crippen molar-refractivity contribution in [1.82, 2.24) is 0 Å². The van der Waals surface area contributed by atoms with Gasteiger partial charge in [0.15, 0.2) is 0 Å². The van der Waals surface area contributed by atoms with Crippen LogP contribution in [0.25, 0.3) is 0 Å². The van der Waals surface area contributed by atoms with Crippen molar-refractivity contribution in [1.29, 1.82) is 0 Å². The standard InChI is InChI=1S/C20H16N2O2/c1-15-12-13-18(24-15)14-21-22-19(16-8-4-2-5-9-16)20(23)17-10-6-3-7-11-17/h2-14H,1H3. The molecule has 0 aliphatic heterocycles. The Labute approximate surface area is 140 Å². The molecule has 3 rings (SSSR count). The first-order valence-electron chi connectivity index (χ1n) is 7.56. The molecule has 4 nitrogen and oxygen atoms in total. The molecule has 0 radical (unpaired) electrons. The van der Waals surface area contributed by atoms with Crippen molar-refractivity contribution in [2.75, 3.05) is 0 Å². The number of nitrogens with zero attached hydrogens (tertiary/aromatic N) is 2. The average Bonchev–Trinajstić information content (AvgIpc) is 3.05. The van der Waals surface area contributed by atoms with Gasteiger partial charge in [-0.05, 0) is 19.1 Å². The minimum Gasteiger partial charge on any atom is -0.460 e. The summed E-state index contributed by atoms with van der Waals surface area (Å²) >= 11 is 0. The van der Waals surface area contributed by atoms with Crippen molar-refractivity contribution in [2.45, 2.75) is 6.92 Å². The second-order valence-electron chi connectivity index (χ2n) is 5.20. The predicted octanol–water partition coefficient (Wildman–Crippen LogP) is 4.29. The molecule has 2 aromatic carbocycles. The predicted molar refractivity (Wildman–Crippen MR) is 94.8 cm³/mol. The van der Waals surface area contributed by atoms with Gasteiger partial charge in [0.1, 0.15) is 17.2 Å². The van der Waals surface area contributed by atoms with Gasteiger partial charge in [-0.3, -0.25) is 4.79 Å². The van der Waals surface area contributed by atoms with E-state index in [-0.39, 0.29) is 5.78 Å². The summed E-state index contributed by atoms with van der Waals surface area (Å²) in [5, 5.41) is 8.18. The summed E-state index contributed by atoms with van der Waals surface area (Å²) in [5.74, 6) is 1.22. The van der Waals surface area contributed by atoms with E-state index in [1.54, 1.807) is 18.2 Å². The van der Waals surface area contributed by atoms with Crippen molar-refractivity contribution >= 4 is 17.7 Å². The number of rotatable bonds is 5. The van der Waals surface area contributed by atoms with Crippen LogP contribution in [0.5, 0.6) is 0 Å². The molecule has 3 aromatic rings. The Kier molecular flexibility index (Phi) is 4.77. The minimum atomic E-state index is -0.172. The van der Waals surface area contributed by atoms with Gasteiger partial charge in [0.25, 0.3) is 0 Å². The van der Waals surface area contributed by atoms with Crippen molar-refractivity contribution in [2.24, 2.45) is 10.2 Å². The van der Waals surface area contributed by atoms with Crippen LogP contribution >= 0.6 is 0 Å². The normalized spacial score (nSPS) is 11.8. The number of hydrogen-bond acceptors (Lipinski definition) is 4. The Morgan fingerprint density at radius 1 is 0.875 bits per heavy atom. The second kappa shape index (κ2) is 7.33. The largest absolute Gasteiger partial charge is 0.460 e. The van der Waals surface area contributed by atoms with Crippen LogP contribution in [-0.2, 0) is 0 Å². The van der Waals surface area contributed by atoms with Crippen molar-refractivity contribution in [3.05, 3.63) is 95.4 Å². The number of benzene rings is 2. The van der Waals surface area contributed by atoms with Crippen LogP contribution in [0.1, 0.15) is 27.4 Å². The maximum absolute atomic E-state index is 12.8. The van der Waals surface area contributed by atoms with Crippen molar-refractivity contribution in [3.63, 3.8) is 0 Å². The molecule has 0 unspecified atom stereocenters. The third-order valence-corrected chi connectivity index (χ3v) is 3.40. The van der Waals surface area contributed by atoms with Gasteiger partial charge in [-0.2, -0.15) is 5.10 Å². The Balaban J connectivity index is 1.95. The molecular formula is C20H16N2O2. The lowest BCUT2D eigenvalue weighted by molar-refractivity contribution is 0.106. The fraction of sp³-hybridized carbons (Fsp3) is 0.0500. The first-order chi connectivity index (χ1) is 11.7. The molecule has 0 fully saturated rings. The lowest BCUT2D eigenvalue weighted by Crippen LogP contribution is -2.15. The summed E-state index contributed by atoms with van der Waals surface area (Å²) < 4.78 is 5.41. The molecule has 24 heavy (non-hydrogen) atoms. The Hall–Kier alpha value is -3.27. The first-order valence-corrected chi connectivity index (χ1v) is 7.56. The fourth-order valence-electron chi connectivity index (χ4n) is 2.22. The maximum atomic E-state index is 12.8. The summed E-state index contributed by atoms with van der Waals surface area (Å²) in [6.45, 7) is 1.86. The quantitative estimate of drug-likeness (QED) is 0.400. The molecule has 0 aliphatic carbocycles. The van der Waals surface area contributed by atoms with Crippen LogP contribution in [0.3, 0.4) is 0 Å². The third-order valence-electron chi connectivity index (χ3n) is 3.40. The number of hydrogen-bond donors (Lipinski definition) is 0.